The highest BCUT2D eigenvalue weighted by Crippen LogP contribution is 2.20. The minimum atomic E-state index is -0.0315. The second-order valence-electron chi connectivity index (χ2n) is 6.36. The average molecular weight is 351 g/mol. The summed E-state index contributed by atoms with van der Waals surface area (Å²) < 4.78 is 5.80. The zero-order valence-corrected chi connectivity index (χ0v) is 14.5. The van der Waals surface area contributed by atoms with Crippen molar-refractivity contribution < 1.29 is 14.3 Å². The average Bonchev–Trinajstić information content (AvgIpc) is 3.00. The van der Waals surface area contributed by atoms with Crippen molar-refractivity contribution in [2.75, 3.05) is 32.8 Å². The van der Waals surface area contributed by atoms with Crippen LogP contribution in [-0.4, -0.2) is 60.5 Å². The number of amides is 2. The molecule has 1 atom stereocenters. The molecule has 0 aromatic heterocycles. The van der Waals surface area contributed by atoms with Gasteiger partial charge in [-0.15, -0.1) is 0 Å². The van der Waals surface area contributed by atoms with Gasteiger partial charge in [0.05, 0.1) is 12.7 Å². The van der Waals surface area contributed by atoms with Crippen LogP contribution >= 0.6 is 11.6 Å². The Morgan fingerprint density at radius 1 is 1.29 bits per heavy atom. The first-order valence-electron chi connectivity index (χ1n) is 8.54. The molecule has 3 rings (SSSR count). The Hall–Kier alpha value is -1.59. The number of benzene rings is 1. The van der Waals surface area contributed by atoms with Gasteiger partial charge in [-0.3, -0.25) is 9.59 Å². The van der Waals surface area contributed by atoms with E-state index in [0.29, 0.717) is 45.5 Å². The summed E-state index contributed by atoms with van der Waals surface area (Å²) in [7, 11) is 0. The SMILES string of the molecule is O=C1CCCN1CCC(=O)N1CCO[C@@H](Cc2ccccc2Cl)C1. The Morgan fingerprint density at radius 3 is 2.88 bits per heavy atom. The molecule has 130 valence electrons. The molecule has 5 nitrogen and oxygen atoms in total. The molecule has 0 spiro atoms. The van der Waals surface area contributed by atoms with E-state index >= 15 is 0 Å². The molecule has 0 bridgehead atoms. The van der Waals surface area contributed by atoms with Gasteiger partial charge >= 0.3 is 0 Å². The maximum Gasteiger partial charge on any atom is 0.224 e. The number of carbonyl (C=O) groups is 2. The summed E-state index contributed by atoms with van der Waals surface area (Å²) in [6.45, 7) is 3.06. The molecule has 0 saturated carbocycles. The molecule has 0 aliphatic carbocycles. The van der Waals surface area contributed by atoms with Gasteiger partial charge in [0.25, 0.3) is 0 Å². The fraction of sp³-hybridized carbons (Fsp3) is 0.556. The number of carbonyl (C=O) groups excluding carboxylic acids is 2. The lowest BCUT2D eigenvalue weighted by atomic mass is 10.1. The minimum absolute atomic E-state index is 0.0315. The summed E-state index contributed by atoms with van der Waals surface area (Å²) in [5.41, 5.74) is 1.04. The van der Waals surface area contributed by atoms with E-state index in [1.165, 1.54) is 0 Å². The summed E-state index contributed by atoms with van der Waals surface area (Å²) in [4.78, 5) is 27.7. The largest absolute Gasteiger partial charge is 0.374 e. The lowest BCUT2D eigenvalue weighted by molar-refractivity contribution is -0.139. The second-order valence-corrected chi connectivity index (χ2v) is 6.77. The van der Waals surface area contributed by atoms with Crippen LogP contribution in [0.3, 0.4) is 0 Å². The van der Waals surface area contributed by atoms with Crippen LogP contribution in [0.25, 0.3) is 0 Å². The van der Waals surface area contributed by atoms with Crippen LogP contribution in [0, 0.1) is 0 Å². The first-order valence-corrected chi connectivity index (χ1v) is 8.92. The Bertz CT molecular complexity index is 608. The van der Waals surface area contributed by atoms with Crippen LogP contribution < -0.4 is 0 Å². The summed E-state index contributed by atoms with van der Waals surface area (Å²) in [5.74, 6) is 0.267. The van der Waals surface area contributed by atoms with Crippen LogP contribution in [0.15, 0.2) is 24.3 Å². The lowest BCUT2D eigenvalue weighted by Gasteiger charge is -2.33. The Kier molecular flexibility index (Phi) is 5.74. The van der Waals surface area contributed by atoms with Crippen molar-refractivity contribution >= 4 is 23.4 Å². The lowest BCUT2D eigenvalue weighted by Crippen LogP contribution is -2.47. The van der Waals surface area contributed by atoms with E-state index in [2.05, 4.69) is 0 Å². The molecule has 2 aliphatic rings. The number of ether oxygens (including phenoxy) is 1. The molecule has 0 N–H and O–H groups in total. The molecule has 2 heterocycles. The maximum atomic E-state index is 12.4. The van der Waals surface area contributed by atoms with Crippen LogP contribution in [0.4, 0.5) is 0 Å². The molecule has 0 unspecified atom stereocenters. The number of morpholine rings is 1. The third kappa shape index (κ3) is 4.28. The van der Waals surface area contributed by atoms with E-state index in [1.54, 1.807) is 4.90 Å². The van der Waals surface area contributed by atoms with Crippen molar-refractivity contribution in [3.05, 3.63) is 34.9 Å². The predicted octanol–water partition coefficient (Wildman–Crippen LogP) is 2.12. The van der Waals surface area contributed by atoms with Crippen molar-refractivity contribution in [1.82, 2.24) is 9.80 Å². The topological polar surface area (TPSA) is 49.9 Å². The van der Waals surface area contributed by atoms with E-state index in [1.807, 2.05) is 29.2 Å². The van der Waals surface area contributed by atoms with Gasteiger partial charge in [-0.05, 0) is 18.1 Å². The van der Waals surface area contributed by atoms with E-state index in [-0.39, 0.29) is 17.9 Å². The predicted molar refractivity (Wildman–Crippen MR) is 91.9 cm³/mol. The molecule has 1 aromatic carbocycles. The molecular weight excluding hydrogens is 328 g/mol. The molecule has 24 heavy (non-hydrogen) atoms. The van der Waals surface area contributed by atoms with Gasteiger partial charge < -0.3 is 14.5 Å². The van der Waals surface area contributed by atoms with Crippen LogP contribution in [0.1, 0.15) is 24.8 Å². The first-order chi connectivity index (χ1) is 11.6. The monoisotopic (exact) mass is 350 g/mol. The van der Waals surface area contributed by atoms with E-state index in [9.17, 15) is 9.59 Å². The van der Waals surface area contributed by atoms with Crippen molar-refractivity contribution in [2.45, 2.75) is 31.8 Å². The van der Waals surface area contributed by atoms with E-state index in [4.69, 9.17) is 16.3 Å². The van der Waals surface area contributed by atoms with Gasteiger partial charge in [0.1, 0.15) is 0 Å². The number of hydrogen-bond donors (Lipinski definition) is 0. The minimum Gasteiger partial charge on any atom is -0.374 e. The molecule has 2 amide bonds. The van der Waals surface area contributed by atoms with Crippen molar-refractivity contribution in [3.63, 3.8) is 0 Å². The summed E-state index contributed by atoms with van der Waals surface area (Å²) in [6.07, 6.45) is 2.59. The normalized spacial score (nSPS) is 21.4. The van der Waals surface area contributed by atoms with Gasteiger partial charge in [0.15, 0.2) is 0 Å². The quantitative estimate of drug-likeness (QED) is 0.817. The highest BCUT2D eigenvalue weighted by molar-refractivity contribution is 6.31. The maximum absolute atomic E-state index is 12.4. The first kappa shape index (κ1) is 17.2. The van der Waals surface area contributed by atoms with E-state index < -0.39 is 0 Å². The molecule has 1 aromatic rings. The number of halogens is 1. The number of nitrogens with zero attached hydrogens (tertiary/aromatic N) is 2. The molecule has 6 heteroatoms. The van der Waals surface area contributed by atoms with Gasteiger partial charge in [0.2, 0.25) is 11.8 Å². The Morgan fingerprint density at radius 2 is 2.12 bits per heavy atom. The number of rotatable bonds is 5. The van der Waals surface area contributed by atoms with Gasteiger partial charge in [-0.25, -0.2) is 0 Å². The third-order valence-corrected chi connectivity index (χ3v) is 5.03. The third-order valence-electron chi connectivity index (χ3n) is 4.66. The zero-order chi connectivity index (χ0) is 16.9. The van der Waals surface area contributed by atoms with Crippen LogP contribution in [0.2, 0.25) is 5.02 Å². The molecule has 2 saturated heterocycles. The zero-order valence-electron chi connectivity index (χ0n) is 13.7. The smallest absolute Gasteiger partial charge is 0.224 e. The van der Waals surface area contributed by atoms with Crippen molar-refractivity contribution in [3.8, 4) is 0 Å². The summed E-state index contributed by atoms with van der Waals surface area (Å²) >= 11 is 6.20. The molecule has 2 fully saturated rings. The van der Waals surface area contributed by atoms with Crippen molar-refractivity contribution in [2.24, 2.45) is 0 Å². The number of hydrogen-bond acceptors (Lipinski definition) is 3. The van der Waals surface area contributed by atoms with Gasteiger partial charge in [-0.1, -0.05) is 29.8 Å². The summed E-state index contributed by atoms with van der Waals surface area (Å²) in [5, 5.41) is 0.733. The van der Waals surface area contributed by atoms with E-state index in [0.717, 1.165) is 23.6 Å². The Labute approximate surface area is 147 Å². The molecular formula is C18H23ClN2O3. The van der Waals surface area contributed by atoms with Gasteiger partial charge in [-0.2, -0.15) is 0 Å². The van der Waals surface area contributed by atoms with Crippen LogP contribution in [-0.2, 0) is 20.7 Å². The summed E-state index contributed by atoms with van der Waals surface area (Å²) in [6, 6.07) is 7.73. The highest BCUT2D eigenvalue weighted by atomic mass is 35.5. The van der Waals surface area contributed by atoms with Crippen LogP contribution in [0.5, 0.6) is 0 Å². The standard InChI is InChI=1S/C18H23ClN2O3/c19-16-5-2-1-4-14(16)12-15-13-21(10-11-24-15)18(23)7-9-20-8-3-6-17(20)22/h1-2,4-5,15H,3,6-13H2/t15-/m0/s1. The fourth-order valence-corrected chi connectivity index (χ4v) is 3.52. The fourth-order valence-electron chi connectivity index (χ4n) is 3.31. The van der Waals surface area contributed by atoms with Crippen molar-refractivity contribution in [1.29, 1.82) is 0 Å². The second kappa shape index (κ2) is 7.99. The highest BCUT2D eigenvalue weighted by Gasteiger charge is 2.26. The number of likely N-dealkylation sites (tertiary alicyclic amines) is 1. The Balaban J connectivity index is 1.50. The molecule has 2 aliphatic heterocycles. The molecule has 0 radical (unpaired) electrons. The van der Waals surface area contributed by atoms with Gasteiger partial charge in [0, 0.05) is 50.5 Å².